The number of aromatic nitrogens is 1. The Morgan fingerprint density at radius 3 is 2.61 bits per heavy atom. The number of rotatable bonds is 4. The molecule has 3 heteroatoms. The van der Waals surface area contributed by atoms with E-state index in [1.54, 1.807) is 0 Å². The van der Waals surface area contributed by atoms with Crippen molar-refractivity contribution in [3.8, 4) is 0 Å². The van der Waals surface area contributed by atoms with E-state index in [1.165, 1.54) is 17.0 Å². The molecule has 0 unspecified atom stereocenters. The minimum atomic E-state index is 0.871. The van der Waals surface area contributed by atoms with E-state index in [4.69, 9.17) is 0 Å². The van der Waals surface area contributed by atoms with Crippen LogP contribution in [0.2, 0.25) is 0 Å². The summed E-state index contributed by atoms with van der Waals surface area (Å²) in [5, 5.41) is 3.46. The van der Waals surface area contributed by atoms with Crippen molar-refractivity contribution >= 4 is 21.6 Å². The fraction of sp³-hybridized carbons (Fsp3) is 0.333. The number of anilines is 1. The van der Waals surface area contributed by atoms with Crippen LogP contribution in [0.5, 0.6) is 0 Å². The molecule has 2 rings (SSSR count). The van der Waals surface area contributed by atoms with Crippen molar-refractivity contribution in [3.05, 3.63) is 51.8 Å². The van der Waals surface area contributed by atoms with Gasteiger partial charge in [-0.25, -0.2) is 0 Å². The highest BCUT2D eigenvalue weighted by atomic mass is 79.9. The van der Waals surface area contributed by atoms with Crippen molar-refractivity contribution in [1.82, 2.24) is 4.57 Å². The summed E-state index contributed by atoms with van der Waals surface area (Å²) >= 11 is 3.49. The molecule has 0 aliphatic carbocycles. The van der Waals surface area contributed by atoms with Gasteiger partial charge in [0.15, 0.2) is 0 Å². The molecule has 1 heterocycles. The molecule has 1 aromatic carbocycles. The van der Waals surface area contributed by atoms with E-state index in [9.17, 15) is 0 Å². The van der Waals surface area contributed by atoms with Gasteiger partial charge in [-0.1, -0.05) is 22.0 Å². The summed E-state index contributed by atoms with van der Waals surface area (Å²) in [6, 6.07) is 10.5. The molecule has 0 saturated carbocycles. The number of benzene rings is 1. The molecule has 18 heavy (non-hydrogen) atoms. The molecule has 2 nitrogen and oxygen atoms in total. The molecular weight excluding hydrogens is 288 g/mol. The van der Waals surface area contributed by atoms with E-state index in [0.717, 1.165) is 23.2 Å². The summed E-state index contributed by atoms with van der Waals surface area (Å²) in [5.74, 6) is 0. The van der Waals surface area contributed by atoms with E-state index in [2.05, 4.69) is 64.8 Å². The predicted molar refractivity (Wildman–Crippen MR) is 81.0 cm³/mol. The van der Waals surface area contributed by atoms with Crippen molar-refractivity contribution in [2.75, 3.05) is 5.32 Å². The van der Waals surface area contributed by atoms with E-state index in [1.807, 2.05) is 12.1 Å². The number of nitrogens with zero attached hydrogens (tertiary/aromatic N) is 1. The maximum Gasteiger partial charge on any atom is 0.0418 e. The molecule has 0 atom stereocenters. The zero-order valence-electron chi connectivity index (χ0n) is 11.1. The van der Waals surface area contributed by atoms with Crippen LogP contribution < -0.4 is 5.32 Å². The third kappa shape index (κ3) is 2.78. The van der Waals surface area contributed by atoms with Gasteiger partial charge in [-0.15, -0.1) is 0 Å². The van der Waals surface area contributed by atoms with Gasteiger partial charge in [-0.05, 0) is 50.6 Å². The van der Waals surface area contributed by atoms with E-state index < -0.39 is 0 Å². The summed E-state index contributed by atoms with van der Waals surface area (Å²) in [5.41, 5.74) is 5.21. The van der Waals surface area contributed by atoms with Gasteiger partial charge in [0.25, 0.3) is 0 Å². The van der Waals surface area contributed by atoms with Gasteiger partial charge in [0.05, 0.1) is 0 Å². The lowest BCUT2D eigenvalue weighted by Gasteiger charge is -2.08. The zero-order chi connectivity index (χ0) is 13.1. The van der Waals surface area contributed by atoms with Crippen LogP contribution in [0.1, 0.15) is 23.9 Å². The first-order valence-corrected chi connectivity index (χ1v) is 7.06. The van der Waals surface area contributed by atoms with E-state index in [-0.39, 0.29) is 0 Å². The number of nitrogens with one attached hydrogen (secondary N) is 1. The quantitative estimate of drug-likeness (QED) is 0.880. The first-order chi connectivity index (χ1) is 8.61. The summed E-state index contributed by atoms with van der Waals surface area (Å²) in [6.07, 6.45) is 0. The molecule has 1 N–H and O–H groups in total. The summed E-state index contributed by atoms with van der Waals surface area (Å²) in [7, 11) is 0. The second-order valence-corrected chi connectivity index (χ2v) is 5.42. The highest BCUT2D eigenvalue weighted by molar-refractivity contribution is 9.10. The van der Waals surface area contributed by atoms with Gasteiger partial charge >= 0.3 is 0 Å². The Balaban J connectivity index is 2.11. The SMILES string of the molecule is CCn1c(C)cc(CNc2cccc(Br)c2)c1C. The first kappa shape index (κ1) is 13.2. The Kier molecular flexibility index (Phi) is 4.12. The topological polar surface area (TPSA) is 17.0 Å². The molecule has 0 aliphatic rings. The van der Waals surface area contributed by atoms with Crippen LogP contribution in [-0.2, 0) is 13.1 Å². The smallest absolute Gasteiger partial charge is 0.0418 e. The van der Waals surface area contributed by atoms with Gasteiger partial charge in [-0.3, -0.25) is 0 Å². The Morgan fingerprint density at radius 2 is 2.00 bits per heavy atom. The second kappa shape index (κ2) is 5.61. The largest absolute Gasteiger partial charge is 0.381 e. The molecule has 1 aromatic heterocycles. The Hall–Kier alpha value is -1.22. The van der Waals surface area contributed by atoms with Crippen molar-refractivity contribution in [2.24, 2.45) is 0 Å². The van der Waals surface area contributed by atoms with Gasteiger partial charge in [0.2, 0.25) is 0 Å². The fourth-order valence-corrected chi connectivity index (χ4v) is 2.73. The van der Waals surface area contributed by atoms with E-state index >= 15 is 0 Å². The Labute approximate surface area is 117 Å². The lowest BCUT2D eigenvalue weighted by Crippen LogP contribution is -2.03. The molecule has 0 saturated heterocycles. The normalized spacial score (nSPS) is 10.7. The van der Waals surface area contributed by atoms with Crippen LogP contribution in [0.3, 0.4) is 0 Å². The number of hydrogen-bond acceptors (Lipinski definition) is 1. The third-order valence-electron chi connectivity index (χ3n) is 3.30. The second-order valence-electron chi connectivity index (χ2n) is 4.50. The first-order valence-electron chi connectivity index (χ1n) is 6.27. The fourth-order valence-electron chi connectivity index (χ4n) is 2.33. The average molecular weight is 307 g/mol. The average Bonchev–Trinajstić information content (AvgIpc) is 2.61. The summed E-state index contributed by atoms with van der Waals surface area (Å²) in [6.45, 7) is 8.45. The molecule has 2 aromatic rings. The molecular formula is C15H19BrN2. The van der Waals surface area contributed by atoms with Gasteiger partial charge in [0, 0.05) is 34.6 Å². The maximum absolute atomic E-state index is 3.49. The number of aryl methyl sites for hydroxylation is 1. The highest BCUT2D eigenvalue weighted by Crippen LogP contribution is 2.19. The summed E-state index contributed by atoms with van der Waals surface area (Å²) < 4.78 is 3.45. The molecule has 0 bridgehead atoms. The third-order valence-corrected chi connectivity index (χ3v) is 3.80. The highest BCUT2D eigenvalue weighted by Gasteiger charge is 2.07. The van der Waals surface area contributed by atoms with Crippen LogP contribution in [0.4, 0.5) is 5.69 Å². The molecule has 0 spiro atoms. The van der Waals surface area contributed by atoms with Gasteiger partial charge < -0.3 is 9.88 Å². The van der Waals surface area contributed by atoms with Crippen molar-refractivity contribution in [3.63, 3.8) is 0 Å². The van der Waals surface area contributed by atoms with Crippen LogP contribution in [0, 0.1) is 13.8 Å². The van der Waals surface area contributed by atoms with Gasteiger partial charge in [-0.2, -0.15) is 0 Å². The summed E-state index contributed by atoms with van der Waals surface area (Å²) in [4.78, 5) is 0. The van der Waals surface area contributed by atoms with Crippen LogP contribution in [-0.4, -0.2) is 4.57 Å². The monoisotopic (exact) mass is 306 g/mol. The zero-order valence-corrected chi connectivity index (χ0v) is 12.7. The van der Waals surface area contributed by atoms with Crippen LogP contribution >= 0.6 is 15.9 Å². The van der Waals surface area contributed by atoms with E-state index in [0.29, 0.717) is 0 Å². The predicted octanol–water partition coefficient (Wildman–Crippen LogP) is 4.50. The van der Waals surface area contributed by atoms with Gasteiger partial charge in [0.1, 0.15) is 0 Å². The minimum Gasteiger partial charge on any atom is -0.381 e. The standard InChI is InChI=1S/C15H19BrN2/c1-4-18-11(2)8-13(12(18)3)10-17-15-7-5-6-14(16)9-15/h5-9,17H,4,10H2,1-3H3. The lowest BCUT2D eigenvalue weighted by atomic mass is 10.2. The molecule has 0 amide bonds. The Bertz CT molecular complexity index is 543. The van der Waals surface area contributed by atoms with Crippen molar-refractivity contribution < 1.29 is 0 Å². The molecule has 96 valence electrons. The van der Waals surface area contributed by atoms with Crippen molar-refractivity contribution in [1.29, 1.82) is 0 Å². The molecule has 0 aliphatic heterocycles. The number of halogens is 1. The van der Waals surface area contributed by atoms with Crippen molar-refractivity contribution in [2.45, 2.75) is 33.9 Å². The van der Waals surface area contributed by atoms with Crippen LogP contribution in [0.15, 0.2) is 34.8 Å². The Morgan fingerprint density at radius 1 is 1.22 bits per heavy atom. The number of hydrogen-bond donors (Lipinski definition) is 1. The minimum absolute atomic E-state index is 0.871. The lowest BCUT2D eigenvalue weighted by molar-refractivity contribution is 0.715. The van der Waals surface area contributed by atoms with Crippen LogP contribution in [0.25, 0.3) is 0 Å². The molecule has 0 radical (unpaired) electrons. The maximum atomic E-state index is 3.49. The molecule has 0 fully saturated rings.